The van der Waals surface area contributed by atoms with Crippen molar-refractivity contribution in [3.8, 4) is 17.2 Å². The largest absolute Gasteiger partial charge is 0.497 e. The van der Waals surface area contributed by atoms with Crippen LogP contribution < -0.4 is 23.8 Å². The van der Waals surface area contributed by atoms with Crippen LogP contribution in [0, 0.1) is 0 Å². The Morgan fingerprint density at radius 2 is 1.65 bits per heavy atom. The van der Waals surface area contributed by atoms with E-state index >= 15 is 0 Å². The Hall–Kier alpha value is -4.25. The van der Waals surface area contributed by atoms with Crippen molar-refractivity contribution >= 4 is 27.5 Å². The lowest BCUT2D eigenvalue weighted by atomic mass is 10.0. The van der Waals surface area contributed by atoms with Crippen molar-refractivity contribution in [1.82, 2.24) is 10.2 Å². The first kappa shape index (κ1) is 31.7. The lowest BCUT2D eigenvalue weighted by Crippen LogP contribution is -2.53. The molecule has 1 heterocycles. The number of fused-ring (bicyclic) bond motifs is 1. The maximum absolute atomic E-state index is 14.3. The lowest BCUT2D eigenvalue weighted by molar-refractivity contribution is -0.140. The first-order valence-electron chi connectivity index (χ1n) is 14.4. The average molecular weight is 610 g/mol. The summed E-state index contributed by atoms with van der Waals surface area (Å²) >= 11 is 0. The highest BCUT2D eigenvalue weighted by atomic mass is 32.2. The number of carbonyl (C=O) groups excluding carboxylic acids is 2. The number of amides is 2. The van der Waals surface area contributed by atoms with Crippen LogP contribution in [0.1, 0.15) is 31.4 Å². The molecule has 0 saturated heterocycles. The molecule has 3 aromatic carbocycles. The average Bonchev–Trinajstić information content (AvgIpc) is 3.04. The summed E-state index contributed by atoms with van der Waals surface area (Å²) in [5.41, 5.74) is 1.88. The summed E-state index contributed by atoms with van der Waals surface area (Å²) in [5, 5.41) is 2.94. The molecule has 2 amide bonds. The van der Waals surface area contributed by atoms with Crippen LogP contribution in [0.4, 0.5) is 5.69 Å². The zero-order valence-electron chi connectivity index (χ0n) is 24.8. The van der Waals surface area contributed by atoms with Crippen LogP contribution in [-0.2, 0) is 32.6 Å². The summed E-state index contributed by atoms with van der Waals surface area (Å²) < 4.78 is 44.5. The van der Waals surface area contributed by atoms with Crippen molar-refractivity contribution < 1.29 is 32.2 Å². The highest BCUT2D eigenvalue weighted by Gasteiger charge is 2.34. The van der Waals surface area contributed by atoms with Gasteiger partial charge in [-0.2, -0.15) is 0 Å². The molecule has 3 aromatic rings. The second-order valence-electron chi connectivity index (χ2n) is 10.1. The topological polar surface area (TPSA) is 114 Å². The summed E-state index contributed by atoms with van der Waals surface area (Å²) in [7, 11) is -2.35. The van der Waals surface area contributed by atoms with Gasteiger partial charge in [0.05, 0.1) is 18.6 Å². The minimum Gasteiger partial charge on any atom is -0.497 e. The van der Waals surface area contributed by atoms with E-state index in [-0.39, 0.29) is 30.3 Å². The van der Waals surface area contributed by atoms with E-state index in [2.05, 4.69) is 5.32 Å². The SMILES string of the molecule is CCCNC(=O)[C@H](Cc1ccccc1)N(Cc1cccc(OC)c1)C(=O)CN(c1ccc2c(c1)OCCO2)S(=O)(=O)CC. The maximum atomic E-state index is 14.3. The number of hydrogen-bond donors (Lipinski definition) is 1. The fourth-order valence-corrected chi connectivity index (χ4v) is 5.85. The molecular weight excluding hydrogens is 570 g/mol. The molecule has 1 aliphatic rings. The third-order valence-corrected chi connectivity index (χ3v) is 8.84. The summed E-state index contributed by atoms with van der Waals surface area (Å²) in [6.45, 7) is 4.20. The van der Waals surface area contributed by atoms with Crippen LogP contribution in [0.3, 0.4) is 0 Å². The number of hydrogen-bond acceptors (Lipinski definition) is 7. The number of nitrogens with zero attached hydrogens (tertiary/aromatic N) is 2. The molecule has 230 valence electrons. The molecule has 0 unspecified atom stereocenters. The first-order valence-corrected chi connectivity index (χ1v) is 16.0. The van der Waals surface area contributed by atoms with Crippen LogP contribution >= 0.6 is 0 Å². The van der Waals surface area contributed by atoms with E-state index in [0.29, 0.717) is 37.0 Å². The van der Waals surface area contributed by atoms with Gasteiger partial charge in [0.15, 0.2) is 11.5 Å². The van der Waals surface area contributed by atoms with Gasteiger partial charge in [0.1, 0.15) is 31.5 Å². The van der Waals surface area contributed by atoms with E-state index in [4.69, 9.17) is 14.2 Å². The van der Waals surface area contributed by atoms with E-state index in [1.165, 1.54) is 11.8 Å². The Labute approximate surface area is 253 Å². The molecule has 4 rings (SSSR count). The smallest absolute Gasteiger partial charge is 0.244 e. The number of rotatable bonds is 14. The van der Waals surface area contributed by atoms with Crippen LogP contribution in [0.2, 0.25) is 0 Å². The number of carbonyl (C=O) groups is 2. The van der Waals surface area contributed by atoms with E-state index in [9.17, 15) is 18.0 Å². The van der Waals surface area contributed by atoms with E-state index in [1.54, 1.807) is 37.4 Å². The Morgan fingerprint density at radius 3 is 2.35 bits per heavy atom. The van der Waals surface area contributed by atoms with Crippen LogP contribution in [-0.4, -0.2) is 70.3 Å². The molecule has 11 heteroatoms. The van der Waals surface area contributed by atoms with E-state index in [0.717, 1.165) is 21.9 Å². The highest BCUT2D eigenvalue weighted by Crippen LogP contribution is 2.35. The molecule has 0 aromatic heterocycles. The fourth-order valence-electron chi connectivity index (χ4n) is 4.79. The highest BCUT2D eigenvalue weighted by molar-refractivity contribution is 7.92. The molecule has 0 fully saturated rings. The van der Waals surface area contributed by atoms with Gasteiger partial charge in [-0.25, -0.2) is 8.42 Å². The zero-order chi connectivity index (χ0) is 30.8. The molecular formula is C32H39N3O7S. The summed E-state index contributed by atoms with van der Waals surface area (Å²) in [6, 6.07) is 20.6. The number of anilines is 1. The Bertz CT molecular complexity index is 1500. The van der Waals surface area contributed by atoms with Gasteiger partial charge >= 0.3 is 0 Å². The molecule has 1 aliphatic heterocycles. The molecule has 0 spiro atoms. The van der Waals surface area contributed by atoms with E-state index < -0.39 is 28.5 Å². The maximum Gasteiger partial charge on any atom is 0.244 e. The Morgan fingerprint density at radius 1 is 0.930 bits per heavy atom. The van der Waals surface area contributed by atoms with Gasteiger partial charge < -0.3 is 24.4 Å². The number of benzene rings is 3. The second-order valence-corrected chi connectivity index (χ2v) is 12.3. The molecule has 0 saturated carbocycles. The Balaban J connectivity index is 1.75. The van der Waals surface area contributed by atoms with Crippen molar-refractivity contribution in [2.45, 2.75) is 39.3 Å². The third-order valence-electron chi connectivity index (χ3n) is 7.10. The van der Waals surface area contributed by atoms with Gasteiger partial charge in [-0.3, -0.25) is 13.9 Å². The molecule has 43 heavy (non-hydrogen) atoms. The first-order chi connectivity index (χ1) is 20.7. The van der Waals surface area contributed by atoms with Gasteiger partial charge in [0.2, 0.25) is 21.8 Å². The third kappa shape index (κ3) is 8.19. The normalized spacial score (nSPS) is 13.1. The van der Waals surface area contributed by atoms with Crippen molar-refractivity contribution in [3.05, 3.63) is 83.9 Å². The van der Waals surface area contributed by atoms with Crippen LogP contribution in [0.15, 0.2) is 72.8 Å². The van der Waals surface area contributed by atoms with Crippen molar-refractivity contribution in [3.63, 3.8) is 0 Å². The molecule has 1 atom stereocenters. The van der Waals surface area contributed by atoms with Crippen LogP contribution in [0.5, 0.6) is 17.2 Å². The zero-order valence-corrected chi connectivity index (χ0v) is 25.6. The number of methoxy groups -OCH3 is 1. The van der Waals surface area contributed by atoms with Gasteiger partial charge in [-0.1, -0.05) is 49.4 Å². The predicted octanol–water partition coefficient (Wildman–Crippen LogP) is 3.79. The lowest BCUT2D eigenvalue weighted by Gasteiger charge is -2.34. The monoisotopic (exact) mass is 609 g/mol. The van der Waals surface area contributed by atoms with E-state index in [1.807, 2.05) is 49.4 Å². The summed E-state index contributed by atoms with van der Waals surface area (Å²) in [5.74, 6) is 0.446. The molecule has 10 nitrogen and oxygen atoms in total. The minimum atomic E-state index is -3.90. The quantitative estimate of drug-likeness (QED) is 0.296. The van der Waals surface area contributed by atoms with Gasteiger partial charge in [-0.05, 0) is 48.7 Å². The van der Waals surface area contributed by atoms with Crippen molar-refractivity contribution in [2.24, 2.45) is 0 Å². The number of sulfonamides is 1. The van der Waals surface area contributed by atoms with Gasteiger partial charge in [0.25, 0.3) is 0 Å². The Kier molecular flexibility index (Phi) is 10.9. The molecule has 1 N–H and O–H groups in total. The number of nitrogens with one attached hydrogen (secondary N) is 1. The second kappa shape index (κ2) is 14.8. The fraction of sp³-hybridized carbons (Fsp3) is 0.375. The standard InChI is InChI=1S/C32H39N3O7S/c1-4-16-33-32(37)28(20-24-10-7-6-8-11-24)34(22-25-12-9-13-27(19-25)40-3)31(36)23-35(43(38,39)5-2)26-14-15-29-30(21-26)42-18-17-41-29/h6-15,19,21,28H,4-5,16-18,20,22-23H2,1-3H3,(H,33,37)/t28-/m0/s1. The van der Waals surface area contributed by atoms with Gasteiger partial charge in [-0.15, -0.1) is 0 Å². The molecule has 0 bridgehead atoms. The van der Waals surface area contributed by atoms with Crippen molar-refractivity contribution in [2.75, 3.05) is 43.5 Å². The predicted molar refractivity (Wildman–Crippen MR) is 165 cm³/mol. The van der Waals surface area contributed by atoms with Gasteiger partial charge in [0, 0.05) is 25.6 Å². The number of ether oxygens (including phenoxy) is 3. The molecule has 0 aliphatic carbocycles. The summed E-state index contributed by atoms with van der Waals surface area (Å²) in [6.07, 6.45) is 0.969. The minimum absolute atomic E-state index is 0.0637. The molecule has 0 radical (unpaired) electrons. The van der Waals surface area contributed by atoms with Crippen molar-refractivity contribution in [1.29, 1.82) is 0 Å². The van der Waals surface area contributed by atoms with Crippen LogP contribution in [0.25, 0.3) is 0 Å². The summed E-state index contributed by atoms with van der Waals surface area (Å²) in [4.78, 5) is 29.4.